The number of halogens is 1. The molecular weight excluding hydrogens is 216 g/mol. The van der Waals surface area contributed by atoms with Gasteiger partial charge in [-0.15, -0.1) is 5.92 Å². The molecule has 1 atom stereocenters. The van der Waals surface area contributed by atoms with Gasteiger partial charge in [0.05, 0.1) is 0 Å². The van der Waals surface area contributed by atoms with Crippen molar-refractivity contribution in [2.24, 2.45) is 5.92 Å². The van der Waals surface area contributed by atoms with Crippen molar-refractivity contribution in [1.82, 2.24) is 0 Å². The van der Waals surface area contributed by atoms with E-state index >= 15 is 0 Å². The van der Waals surface area contributed by atoms with E-state index in [0.29, 0.717) is 5.92 Å². The SMILES string of the molecule is [Br-].[CH2-]C(C)COCCCC.[Mg+2]. The number of rotatable bonds is 5. The summed E-state index contributed by atoms with van der Waals surface area (Å²) >= 11 is 0. The fraction of sp³-hybridized carbons (Fsp3) is 0.875. The predicted molar refractivity (Wildman–Crippen MR) is 46.0 cm³/mol. The summed E-state index contributed by atoms with van der Waals surface area (Å²) in [7, 11) is 0. The Hall–Kier alpha value is 1.21. The van der Waals surface area contributed by atoms with Crippen molar-refractivity contribution in [3.05, 3.63) is 6.92 Å². The zero-order valence-corrected chi connectivity index (χ0v) is 10.6. The second-order valence-electron chi connectivity index (χ2n) is 2.53. The third kappa shape index (κ3) is 18.3. The van der Waals surface area contributed by atoms with Gasteiger partial charge in [0.15, 0.2) is 0 Å². The molecular formula is C8H17BrMgO. The van der Waals surface area contributed by atoms with E-state index in [4.69, 9.17) is 4.74 Å². The van der Waals surface area contributed by atoms with E-state index in [1.807, 2.05) is 0 Å². The van der Waals surface area contributed by atoms with Gasteiger partial charge in [0.25, 0.3) is 0 Å². The van der Waals surface area contributed by atoms with Gasteiger partial charge in [-0.1, -0.05) is 20.3 Å². The molecule has 11 heavy (non-hydrogen) atoms. The molecule has 0 heterocycles. The molecule has 64 valence electrons. The van der Waals surface area contributed by atoms with Crippen molar-refractivity contribution in [2.75, 3.05) is 13.2 Å². The Morgan fingerprint density at radius 1 is 1.45 bits per heavy atom. The summed E-state index contributed by atoms with van der Waals surface area (Å²) in [5, 5.41) is 0. The Labute approximate surface area is 97.2 Å². The van der Waals surface area contributed by atoms with Crippen LogP contribution in [0.25, 0.3) is 0 Å². The minimum Gasteiger partial charge on any atom is -1.00 e. The van der Waals surface area contributed by atoms with Crippen LogP contribution in [0, 0.1) is 12.8 Å². The first-order chi connectivity index (χ1) is 4.27. The normalized spacial score (nSPS) is 11.2. The minimum absolute atomic E-state index is 0. The summed E-state index contributed by atoms with van der Waals surface area (Å²) in [6.07, 6.45) is 2.39. The van der Waals surface area contributed by atoms with Crippen molar-refractivity contribution < 1.29 is 21.7 Å². The molecule has 0 aliphatic heterocycles. The van der Waals surface area contributed by atoms with Crippen molar-refractivity contribution >= 4 is 23.1 Å². The number of hydrogen-bond donors (Lipinski definition) is 0. The molecule has 0 N–H and O–H groups in total. The maximum atomic E-state index is 5.27. The summed E-state index contributed by atoms with van der Waals surface area (Å²) in [6, 6.07) is 0. The molecule has 0 spiro atoms. The standard InChI is InChI=1S/C8H17O.BrH.Mg/c1-4-5-6-9-7-8(2)3;;/h8H,2,4-7H2,1,3H3;1H;/q-1;;+2/p-1. The van der Waals surface area contributed by atoms with Crippen LogP contribution < -0.4 is 17.0 Å². The van der Waals surface area contributed by atoms with Crippen LogP contribution in [0.3, 0.4) is 0 Å². The topological polar surface area (TPSA) is 9.23 Å². The Morgan fingerprint density at radius 3 is 2.36 bits per heavy atom. The molecule has 0 saturated carbocycles. The summed E-state index contributed by atoms with van der Waals surface area (Å²) in [6.45, 7) is 9.74. The van der Waals surface area contributed by atoms with Crippen molar-refractivity contribution in [1.29, 1.82) is 0 Å². The molecule has 1 nitrogen and oxygen atoms in total. The van der Waals surface area contributed by atoms with Crippen LogP contribution in [0.5, 0.6) is 0 Å². The first-order valence-corrected chi connectivity index (χ1v) is 3.68. The number of unbranched alkanes of at least 4 members (excludes halogenated alkanes) is 1. The van der Waals surface area contributed by atoms with E-state index in [0.717, 1.165) is 13.2 Å². The molecule has 0 radical (unpaired) electrons. The fourth-order valence-electron chi connectivity index (χ4n) is 0.531. The van der Waals surface area contributed by atoms with Crippen LogP contribution >= 0.6 is 0 Å². The number of ether oxygens (including phenoxy) is 1. The Morgan fingerprint density at radius 2 is 2.00 bits per heavy atom. The molecule has 0 aliphatic carbocycles. The van der Waals surface area contributed by atoms with Crippen LogP contribution in [-0.2, 0) is 4.74 Å². The van der Waals surface area contributed by atoms with Crippen molar-refractivity contribution in [2.45, 2.75) is 26.7 Å². The molecule has 3 heteroatoms. The smallest absolute Gasteiger partial charge is 1.00 e. The molecule has 0 amide bonds. The largest absolute Gasteiger partial charge is 2.00 e. The summed E-state index contributed by atoms with van der Waals surface area (Å²) in [5.74, 6) is 0.432. The van der Waals surface area contributed by atoms with Crippen LogP contribution in [-0.4, -0.2) is 36.3 Å². The average molecular weight is 233 g/mol. The Balaban J connectivity index is -0.000000320. The molecule has 0 fully saturated rings. The zero-order valence-electron chi connectivity index (χ0n) is 7.61. The van der Waals surface area contributed by atoms with E-state index in [1.54, 1.807) is 0 Å². The fourth-order valence-corrected chi connectivity index (χ4v) is 0.531. The quantitative estimate of drug-likeness (QED) is 0.333. The Bertz CT molecular complexity index is 60.1. The van der Waals surface area contributed by atoms with Gasteiger partial charge in [-0.25, -0.2) is 0 Å². The molecule has 0 aliphatic rings. The first-order valence-electron chi connectivity index (χ1n) is 3.68. The van der Waals surface area contributed by atoms with Gasteiger partial charge in [0, 0.05) is 13.2 Å². The van der Waals surface area contributed by atoms with E-state index < -0.39 is 0 Å². The van der Waals surface area contributed by atoms with Crippen LogP contribution in [0.15, 0.2) is 0 Å². The van der Waals surface area contributed by atoms with Gasteiger partial charge in [-0.3, -0.25) is 0 Å². The molecule has 0 aromatic carbocycles. The van der Waals surface area contributed by atoms with E-state index in [9.17, 15) is 0 Å². The molecule has 0 aromatic rings. The second-order valence-corrected chi connectivity index (χ2v) is 2.53. The zero-order chi connectivity index (χ0) is 7.11. The third-order valence-corrected chi connectivity index (χ3v) is 1.04. The van der Waals surface area contributed by atoms with Gasteiger partial charge < -0.3 is 28.6 Å². The molecule has 0 rings (SSSR count). The maximum absolute atomic E-state index is 5.27. The monoisotopic (exact) mass is 232 g/mol. The maximum Gasteiger partial charge on any atom is 2.00 e. The molecule has 0 saturated heterocycles. The summed E-state index contributed by atoms with van der Waals surface area (Å²) < 4.78 is 5.27. The van der Waals surface area contributed by atoms with Gasteiger partial charge in [-0.05, 0) is 6.42 Å². The average Bonchev–Trinajstić information content (AvgIpc) is 1.80. The van der Waals surface area contributed by atoms with Gasteiger partial charge >= 0.3 is 23.1 Å². The second kappa shape index (κ2) is 13.8. The molecule has 0 aromatic heterocycles. The summed E-state index contributed by atoms with van der Waals surface area (Å²) in [5.41, 5.74) is 0. The van der Waals surface area contributed by atoms with Gasteiger partial charge in [0.2, 0.25) is 0 Å². The van der Waals surface area contributed by atoms with Crippen LogP contribution in [0.4, 0.5) is 0 Å². The van der Waals surface area contributed by atoms with Crippen molar-refractivity contribution in [3.63, 3.8) is 0 Å². The third-order valence-electron chi connectivity index (χ3n) is 1.04. The van der Waals surface area contributed by atoms with Gasteiger partial charge in [0.1, 0.15) is 0 Å². The van der Waals surface area contributed by atoms with Crippen LogP contribution in [0.1, 0.15) is 26.7 Å². The van der Waals surface area contributed by atoms with E-state index in [2.05, 4.69) is 20.8 Å². The van der Waals surface area contributed by atoms with Crippen LogP contribution in [0.2, 0.25) is 0 Å². The van der Waals surface area contributed by atoms with Crippen molar-refractivity contribution in [3.8, 4) is 0 Å². The van der Waals surface area contributed by atoms with Gasteiger partial charge in [-0.2, -0.15) is 0 Å². The minimum atomic E-state index is 0. The first kappa shape index (κ1) is 18.1. The van der Waals surface area contributed by atoms with E-state index in [-0.39, 0.29) is 40.0 Å². The Kier molecular flexibility index (Phi) is 22.6. The predicted octanol–water partition coefficient (Wildman–Crippen LogP) is -1.10. The number of hydrogen-bond acceptors (Lipinski definition) is 1. The molecule has 1 unspecified atom stereocenters. The summed E-state index contributed by atoms with van der Waals surface area (Å²) in [4.78, 5) is 0. The van der Waals surface area contributed by atoms with E-state index in [1.165, 1.54) is 12.8 Å². The molecule has 0 bridgehead atoms.